The van der Waals surface area contributed by atoms with Crippen LogP contribution in [0.2, 0.25) is 0 Å². The van der Waals surface area contributed by atoms with Crippen LogP contribution in [0.25, 0.3) is 0 Å². The van der Waals surface area contributed by atoms with Gasteiger partial charge in [-0.05, 0) is 30.5 Å². The molecule has 1 unspecified atom stereocenters. The summed E-state index contributed by atoms with van der Waals surface area (Å²) >= 11 is 6.18. The Morgan fingerprint density at radius 2 is 2.13 bits per heavy atom. The van der Waals surface area contributed by atoms with Gasteiger partial charge in [0.25, 0.3) is 0 Å². The molecular formula is C13H18ClF. The Bertz CT molecular complexity index is 286. The number of unbranched alkanes of at least 4 members (excludes halogenated alkanes) is 2. The molecule has 0 fully saturated rings. The van der Waals surface area contributed by atoms with E-state index in [2.05, 4.69) is 6.92 Å². The smallest absolute Gasteiger partial charge is 0.123 e. The van der Waals surface area contributed by atoms with Crippen LogP contribution in [-0.4, -0.2) is 5.38 Å². The molecule has 1 aromatic rings. The summed E-state index contributed by atoms with van der Waals surface area (Å²) in [4.78, 5) is 0. The van der Waals surface area contributed by atoms with E-state index in [9.17, 15) is 4.39 Å². The van der Waals surface area contributed by atoms with Gasteiger partial charge in [0.05, 0.1) is 0 Å². The summed E-state index contributed by atoms with van der Waals surface area (Å²) in [6.07, 6.45) is 5.39. The van der Waals surface area contributed by atoms with Crippen LogP contribution in [0.15, 0.2) is 24.3 Å². The van der Waals surface area contributed by atoms with Gasteiger partial charge in [0.1, 0.15) is 5.82 Å². The van der Waals surface area contributed by atoms with E-state index in [0.717, 1.165) is 18.4 Å². The van der Waals surface area contributed by atoms with Crippen molar-refractivity contribution < 1.29 is 4.39 Å². The highest BCUT2D eigenvalue weighted by Crippen LogP contribution is 2.15. The van der Waals surface area contributed by atoms with E-state index in [1.54, 1.807) is 12.1 Å². The largest absolute Gasteiger partial charge is 0.207 e. The van der Waals surface area contributed by atoms with E-state index in [-0.39, 0.29) is 11.2 Å². The van der Waals surface area contributed by atoms with Crippen molar-refractivity contribution in [3.05, 3.63) is 35.6 Å². The summed E-state index contributed by atoms with van der Waals surface area (Å²) < 4.78 is 12.9. The lowest BCUT2D eigenvalue weighted by molar-refractivity contribution is 0.618. The first-order valence-corrected chi connectivity index (χ1v) is 6.04. The van der Waals surface area contributed by atoms with Gasteiger partial charge in [0.2, 0.25) is 0 Å². The number of hydrogen-bond acceptors (Lipinski definition) is 0. The molecule has 1 atom stereocenters. The van der Waals surface area contributed by atoms with E-state index in [1.165, 1.54) is 25.3 Å². The minimum Gasteiger partial charge on any atom is -0.207 e. The molecule has 0 nitrogen and oxygen atoms in total. The zero-order valence-corrected chi connectivity index (χ0v) is 9.93. The minimum absolute atomic E-state index is 0.137. The highest BCUT2D eigenvalue weighted by Gasteiger charge is 2.05. The van der Waals surface area contributed by atoms with Gasteiger partial charge < -0.3 is 0 Å². The summed E-state index contributed by atoms with van der Waals surface area (Å²) in [6, 6.07) is 6.69. The van der Waals surface area contributed by atoms with Gasteiger partial charge in [0, 0.05) is 5.38 Å². The van der Waals surface area contributed by atoms with Crippen LogP contribution in [0.5, 0.6) is 0 Å². The maximum atomic E-state index is 12.9. The molecule has 0 amide bonds. The third-order valence-electron chi connectivity index (χ3n) is 2.47. The van der Waals surface area contributed by atoms with Crippen LogP contribution >= 0.6 is 11.6 Å². The van der Waals surface area contributed by atoms with Crippen molar-refractivity contribution in [2.75, 3.05) is 0 Å². The van der Waals surface area contributed by atoms with Crippen molar-refractivity contribution in [3.63, 3.8) is 0 Å². The van der Waals surface area contributed by atoms with Crippen LogP contribution in [0.4, 0.5) is 4.39 Å². The van der Waals surface area contributed by atoms with E-state index in [1.807, 2.05) is 6.07 Å². The van der Waals surface area contributed by atoms with Crippen molar-refractivity contribution in [1.29, 1.82) is 0 Å². The first-order chi connectivity index (χ1) is 7.22. The molecule has 15 heavy (non-hydrogen) atoms. The number of hydrogen-bond donors (Lipinski definition) is 0. The lowest BCUT2D eigenvalue weighted by Crippen LogP contribution is -2.03. The summed E-state index contributed by atoms with van der Waals surface area (Å²) in [5.74, 6) is -0.176. The highest BCUT2D eigenvalue weighted by molar-refractivity contribution is 6.20. The van der Waals surface area contributed by atoms with Crippen LogP contribution in [0, 0.1) is 5.82 Å². The molecule has 0 radical (unpaired) electrons. The molecule has 0 N–H and O–H groups in total. The normalized spacial score (nSPS) is 12.7. The molecular weight excluding hydrogens is 211 g/mol. The lowest BCUT2D eigenvalue weighted by Gasteiger charge is -2.08. The molecule has 1 aromatic carbocycles. The standard InChI is InChI=1S/C13H18ClF/c1-2-3-4-7-12(14)9-11-6-5-8-13(15)10-11/h5-6,8,10,12H,2-4,7,9H2,1H3. The Balaban J connectivity index is 2.34. The predicted octanol–water partition coefficient (Wildman–Crippen LogP) is 4.56. The van der Waals surface area contributed by atoms with Crippen molar-refractivity contribution in [1.82, 2.24) is 0 Å². The van der Waals surface area contributed by atoms with E-state index >= 15 is 0 Å². The molecule has 0 aliphatic rings. The molecule has 0 spiro atoms. The molecule has 0 saturated heterocycles. The van der Waals surface area contributed by atoms with Crippen molar-refractivity contribution in [2.24, 2.45) is 0 Å². The van der Waals surface area contributed by atoms with Gasteiger partial charge in [-0.3, -0.25) is 0 Å². The fourth-order valence-corrected chi connectivity index (χ4v) is 1.97. The van der Waals surface area contributed by atoms with E-state index < -0.39 is 0 Å². The third kappa shape index (κ3) is 5.17. The molecule has 84 valence electrons. The molecule has 2 heteroatoms. The summed E-state index contributed by atoms with van der Waals surface area (Å²) in [6.45, 7) is 2.18. The maximum Gasteiger partial charge on any atom is 0.123 e. The summed E-state index contributed by atoms with van der Waals surface area (Å²) in [5.41, 5.74) is 0.992. The topological polar surface area (TPSA) is 0 Å². The Hall–Kier alpha value is -0.560. The minimum atomic E-state index is -0.176. The van der Waals surface area contributed by atoms with Crippen LogP contribution in [-0.2, 0) is 6.42 Å². The molecule has 0 aromatic heterocycles. The highest BCUT2D eigenvalue weighted by atomic mass is 35.5. The first kappa shape index (κ1) is 12.5. The molecule has 0 aliphatic carbocycles. The third-order valence-corrected chi connectivity index (χ3v) is 2.84. The summed E-state index contributed by atoms with van der Waals surface area (Å²) in [7, 11) is 0. The van der Waals surface area contributed by atoms with E-state index in [0.29, 0.717) is 0 Å². The Morgan fingerprint density at radius 3 is 2.80 bits per heavy atom. The van der Waals surface area contributed by atoms with Crippen LogP contribution in [0.3, 0.4) is 0 Å². The molecule has 0 aliphatic heterocycles. The maximum absolute atomic E-state index is 12.9. The van der Waals surface area contributed by atoms with Gasteiger partial charge in [-0.1, -0.05) is 38.3 Å². The molecule has 0 bridgehead atoms. The van der Waals surface area contributed by atoms with Crippen molar-refractivity contribution in [2.45, 2.75) is 44.4 Å². The lowest BCUT2D eigenvalue weighted by atomic mass is 10.1. The summed E-state index contributed by atoms with van der Waals surface area (Å²) in [5, 5.41) is 0.137. The zero-order chi connectivity index (χ0) is 11.1. The fourth-order valence-electron chi connectivity index (χ4n) is 1.64. The van der Waals surface area contributed by atoms with Gasteiger partial charge in [0.15, 0.2) is 0 Å². The SMILES string of the molecule is CCCCCC(Cl)Cc1cccc(F)c1. The number of alkyl halides is 1. The van der Waals surface area contributed by atoms with Gasteiger partial charge >= 0.3 is 0 Å². The monoisotopic (exact) mass is 228 g/mol. The first-order valence-electron chi connectivity index (χ1n) is 5.61. The molecule has 0 saturated carbocycles. The van der Waals surface area contributed by atoms with Crippen LogP contribution < -0.4 is 0 Å². The fraction of sp³-hybridized carbons (Fsp3) is 0.538. The number of rotatable bonds is 6. The zero-order valence-electron chi connectivity index (χ0n) is 9.18. The van der Waals surface area contributed by atoms with Gasteiger partial charge in [-0.15, -0.1) is 11.6 Å². The van der Waals surface area contributed by atoms with Crippen molar-refractivity contribution in [3.8, 4) is 0 Å². The second-order valence-corrected chi connectivity index (χ2v) is 4.54. The van der Waals surface area contributed by atoms with E-state index in [4.69, 9.17) is 11.6 Å². The van der Waals surface area contributed by atoms with Crippen LogP contribution in [0.1, 0.15) is 38.2 Å². The molecule has 0 heterocycles. The number of halogens is 2. The Morgan fingerprint density at radius 1 is 1.33 bits per heavy atom. The second kappa shape index (κ2) is 6.84. The average Bonchev–Trinajstić information content (AvgIpc) is 2.18. The molecule has 1 rings (SSSR count). The quantitative estimate of drug-likeness (QED) is 0.495. The number of benzene rings is 1. The Kier molecular flexibility index (Phi) is 5.70. The average molecular weight is 229 g/mol. The van der Waals surface area contributed by atoms with Crippen molar-refractivity contribution >= 4 is 11.6 Å². The van der Waals surface area contributed by atoms with Gasteiger partial charge in [-0.2, -0.15) is 0 Å². The Labute approximate surface area is 96.5 Å². The van der Waals surface area contributed by atoms with Gasteiger partial charge in [-0.25, -0.2) is 4.39 Å². The second-order valence-electron chi connectivity index (χ2n) is 3.93. The predicted molar refractivity (Wildman–Crippen MR) is 63.9 cm³/mol.